The van der Waals surface area contributed by atoms with Gasteiger partial charge < -0.3 is 19.8 Å². The highest BCUT2D eigenvalue weighted by atomic mass is 16.5. The van der Waals surface area contributed by atoms with E-state index in [0.717, 1.165) is 54.6 Å². The molecule has 2 atom stereocenters. The molecule has 1 aliphatic heterocycles. The van der Waals surface area contributed by atoms with Gasteiger partial charge in [0.05, 0.1) is 24.3 Å². The van der Waals surface area contributed by atoms with Crippen LogP contribution < -0.4 is 4.90 Å². The third-order valence-corrected chi connectivity index (χ3v) is 6.05. The number of aliphatic hydroxyl groups excluding tert-OH is 2. The fraction of sp³-hybridized carbons (Fsp3) is 0.550. The van der Waals surface area contributed by atoms with Crippen LogP contribution in [0.5, 0.6) is 0 Å². The van der Waals surface area contributed by atoms with Crippen LogP contribution in [0.3, 0.4) is 0 Å². The molecule has 5 nitrogen and oxygen atoms in total. The molecule has 2 N–H and O–H groups in total. The molecule has 2 aliphatic rings. The van der Waals surface area contributed by atoms with E-state index in [-0.39, 0.29) is 24.2 Å². The van der Waals surface area contributed by atoms with Crippen LogP contribution in [0.15, 0.2) is 30.3 Å². The Kier molecular flexibility index (Phi) is 4.40. The van der Waals surface area contributed by atoms with E-state index < -0.39 is 0 Å². The number of hydrogen-bond donors (Lipinski definition) is 2. The van der Waals surface area contributed by atoms with Crippen LogP contribution in [0.1, 0.15) is 31.7 Å². The number of pyridine rings is 1. The van der Waals surface area contributed by atoms with Crippen LogP contribution in [-0.4, -0.2) is 47.1 Å². The first-order chi connectivity index (χ1) is 12.2. The van der Waals surface area contributed by atoms with Crippen molar-refractivity contribution in [1.29, 1.82) is 0 Å². The van der Waals surface area contributed by atoms with Crippen molar-refractivity contribution < 1.29 is 14.9 Å². The van der Waals surface area contributed by atoms with Gasteiger partial charge in [-0.1, -0.05) is 18.2 Å². The number of para-hydroxylation sites is 1. The first-order valence-corrected chi connectivity index (χ1v) is 9.22. The Bertz CT molecular complexity index is 754. The Balaban J connectivity index is 1.57. The summed E-state index contributed by atoms with van der Waals surface area (Å²) in [5.41, 5.74) is 1.72. The normalized spacial score (nSPS) is 25.3. The van der Waals surface area contributed by atoms with E-state index >= 15 is 0 Å². The molecule has 0 radical (unpaired) electrons. The molecule has 2 aromatic rings. The van der Waals surface area contributed by atoms with Crippen LogP contribution in [0.25, 0.3) is 10.9 Å². The molecule has 0 amide bonds. The van der Waals surface area contributed by atoms with E-state index in [4.69, 9.17) is 9.72 Å². The van der Waals surface area contributed by atoms with Gasteiger partial charge in [-0.2, -0.15) is 0 Å². The molecule has 1 aromatic heterocycles. The van der Waals surface area contributed by atoms with Crippen LogP contribution >= 0.6 is 0 Å². The lowest BCUT2D eigenvalue weighted by atomic mass is 9.58. The monoisotopic (exact) mass is 342 g/mol. The zero-order valence-corrected chi connectivity index (χ0v) is 14.7. The third kappa shape index (κ3) is 2.71. The van der Waals surface area contributed by atoms with Crippen LogP contribution in [0.2, 0.25) is 0 Å². The summed E-state index contributed by atoms with van der Waals surface area (Å²) >= 11 is 0. The number of aliphatic hydroxyl groups is 2. The first-order valence-electron chi connectivity index (χ1n) is 9.22. The molecule has 2 heterocycles. The molecule has 1 saturated heterocycles. The Morgan fingerprint density at radius 3 is 2.72 bits per heavy atom. The maximum Gasteiger partial charge on any atom is 0.134 e. The predicted octanol–water partition coefficient (Wildman–Crippen LogP) is 2.48. The Hall–Kier alpha value is -1.69. The number of ether oxygens (including phenoxy) is 1. The van der Waals surface area contributed by atoms with E-state index in [1.54, 1.807) is 0 Å². The minimum atomic E-state index is -0.256. The average Bonchev–Trinajstić information content (AvgIpc) is 2.67. The molecule has 134 valence electrons. The number of hydrogen-bond acceptors (Lipinski definition) is 5. The number of piperidine rings is 1. The molecule has 2 fully saturated rings. The van der Waals surface area contributed by atoms with E-state index in [1.807, 2.05) is 37.3 Å². The second-order valence-corrected chi connectivity index (χ2v) is 7.24. The second-order valence-electron chi connectivity index (χ2n) is 7.24. The van der Waals surface area contributed by atoms with E-state index in [9.17, 15) is 10.2 Å². The van der Waals surface area contributed by atoms with Gasteiger partial charge in [-0.05, 0) is 31.9 Å². The van der Waals surface area contributed by atoms with Gasteiger partial charge in [-0.15, -0.1) is 0 Å². The van der Waals surface area contributed by atoms with Gasteiger partial charge in [0.2, 0.25) is 0 Å². The molecule has 0 bridgehead atoms. The fourth-order valence-electron chi connectivity index (χ4n) is 4.49. The van der Waals surface area contributed by atoms with E-state index in [1.165, 1.54) is 0 Å². The highest BCUT2D eigenvalue weighted by molar-refractivity contribution is 5.81. The lowest BCUT2D eigenvalue weighted by Crippen LogP contribution is -2.62. The molecular formula is C20H26N2O3. The Morgan fingerprint density at radius 1 is 1.28 bits per heavy atom. The largest absolute Gasteiger partial charge is 0.392 e. The summed E-state index contributed by atoms with van der Waals surface area (Å²) in [5.74, 6) is 0.873. The number of anilines is 1. The molecule has 25 heavy (non-hydrogen) atoms. The molecule has 2 unspecified atom stereocenters. The van der Waals surface area contributed by atoms with Gasteiger partial charge in [-0.25, -0.2) is 4.98 Å². The maximum absolute atomic E-state index is 10.4. The second kappa shape index (κ2) is 6.56. The smallest absolute Gasteiger partial charge is 0.134 e. The average molecular weight is 342 g/mol. The maximum atomic E-state index is 10.4. The van der Waals surface area contributed by atoms with Crippen molar-refractivity contribution in [2.45, 2.75) is 45.0 Å². The quantitative estimate of drug-likeness (QED) is 0.894. The lowest BCUT2D eigenvalue weighted by molar-refractivity contribution is -0.199. The van der Waals surface area contributed by atoms with E-state index in [2.05, 4.69) is 4.90 Å². The number of aromatic nitrogens is 1. The fourth-order valence-corrected chi connectivity index (χ4v) is 4.49. The summed E-state index contributed by atoms with van der Waals surface area (Å²) in [7, 11) is 0. The number of fused-ring (bicyclic) bond motifs is 1. The SMILES string of the molecule is CCOC1CC(O)C12CCN(c1nc3ccccc3cc1CO)CC2. The van der Waals surface area contributed by atoms with Crippen molar-refractivity contribution in [3.63, 3.8) is 0 Å². The highest BCUT2D eigenvalue weighted by Gasteiger charge is 2.56. The summed E-state index contributed by atoms with van der Waals surface area (Å²) in [6, 6.07) is 10.0. The summed E-state index contributed by atoms with van der Waals surface area (Å²) < 4.78 is 5.85. The van der Waals surface area contributed by atoms with Crippen LogP contribution in [0.4, 0.5) is 5.82 Å². The van der Waals surface area contributed by atoms with Crippen molar-refractivity contribution in [3.05, 3.63) is 35.9 Å². The summed E-state index contributed by atoms with van der Waals surface area (Å²) in [6.45, 7) is 4.36. The Labute approximate surface area is 148 Å². The minimum absolute atomic E-state index is 0.0149. The number of benzene rings is 1. The standard InChI is InChI=1S/C20H26N2O3/c1-2-25-18-12-17(24)20(18)7-9-22(10-8-20)19-15(13-23)11-14-5-3-4-6-16(14)21-19/h3-6,11,17-18,23-24H,2,7-10,12-13H2,1H3. The number of rotatable bonds is 4. The zero-order valence-electron chi connectivity index (χ0n) is 14.7. The van der Waals surface area contributed by atoms with Gasteiger partial charge in [-0.3, -0.25) is 0 Å². The van der Waals surface area contributed by atoms with Crippen molar-refractivity contribution in [3.8, 4) is 0 Å². The zero-order chi connectivity index (χ0) is 17.4. The molecule has 1 aromatic carbocycles. The van der Waals surface area contributed by atoms with Gasteiger partial charge >= 0.3 is 0 Å². The molecule has 1 aliphatic carbocycles. The number of nitrogens with zero attached hydrogens (tertiary/aromatic N) is 2. The van der Waals surface area contributed by atoms with Gasteiger partial charge in [0.15, 0.2) is 0 Å². The highest BCUT2D eigenvalue weighted by Crippen LogP contribution is 2.51. The summed E-state index contributed by atoms with van der Waals surface area (Å²) in [6.07, 6.45) is 2.48. The van der Waals surface area contributed by atoms with Crippen LogP contribution in [-0.2, 0) is 11.3 Å². The van der Waals surface area contributed by atoms with Crippen LogP contribution in [0, 0.1) is 5.41 Å². The predicted molar refractivity (Wildman–Crippen MR) is 97.6 cm³/mol. The van der Waals surface area contributed by atoms with Gasteiger partial charge in [0.25, 0.3) is 0 Å². The van der Waals surface area contributed by atoms with E-state index in [0.29, 0.717) is 6.61 Å². The first kappa shape index (κ1) is 16.8. The van der Waals surface area contributed by atoms with Crippen molar-refractivity contribution in [2.75, 3.05) is 24.6 Å². The molecule has 5 heteroatoms. The minimum Gasteiger partial charge on any atom is -0.392 e. The molecule has 1 spiro atoms. The van der Waals surface area contributed by atoms with Crippen molar-refractivity contribution in [2.24, 2.45) is 5.41 Å². The van der Waals surface area contributed by atoms with Crippen molar-refractivity contribution >= 4 is 16.7 Å². The van der Waals surface area contributed by atoms with Crippen molar-refractivity contribution in [1.82, 2.24) is 4.98 Å². The van der Waals surface area contributed by atoms with Gasteiger partial charge in [0.1, 0.15) is 5.82 Å². The third-order valence-electron chi connectivity index (χ3n) is 6.05. The lowest BCUT2D eigenvalue weighted by Gasteiger charge is -2.56. The molecule has 4 rings (SSSR count). The van der Waals surface area contributed by atoms with Gasteiger partial charge in [0, 0.05) is 42.5 Å². The summed E-state index contributed by atoms with van der Waals surface area (Å²) in [4.78, 5) is 7.06. The topological polar surface area (TPSA) is 65.8 Å². The molecule has 1 saturated carbocycles. The Morgan fingerprint density at radius 2 is 2.04 bits per heavy atom. The summed E-state index contributed by atoms with van der Waals surface area (Å²) in [5, 5.41) is 21.2. The molecular weight excluding hydrogens is 316 g/mol.